The zero-order valence-corrected chi connectivity index (χ0v) is 17.0. The number of amides is 1. The number of benzene rings is 2. The van der Waals surface area contributed by atoms with Gasteiger partial charge >= 0.3 is 12.1 Å². The third-order valence-electron chi connectivity index (χ3n) is 7.38. The van der Waals surface area contributed by atoms with Crippen LogP contribution < -0.4 is 0 Å². The van der Waals surface area contributed by atoms with Gasteiger partial charge in [0.25, 0.3) is 0 Å². The summed E-state index contributed by atoms with van der Waals surface area (Å²) < 4.78 is 5.85. The number of piperidine rings is 1. The van der Waals surface area contributed by atoms with E-state index in [4.69, 9.17) is 4.74 Å². The van der Waals surface area contributed by atoms with Crippen LogP contribution in [-0.4, -0.2) is 41.3 Å². The molecule has 1 unspecified atom stereocenters. The Morgan fingerprint density at radius 1 is 0.967 bits per heavy atom. The van der Waals surface area contributed by atoms with Crippen molar-refractivity contribution in [2.45, 2.75) is 50.5 Å². The number of carboxylic acids is 1. The molecule has 0 bridgehead atoms. The lowest BCUT2D eigenvalue weighted by molar-refractivity contribution is -0.162. The summed E-state index contributed by atoms with van der Waals surface area (Å²) in [4.78, 5) is 26.9. The van der Waals surface area contributed by atoms with Gasteiger partial charge in [-0.25, -0.2) is 4.79 Å². The lowest BCUT2D eigenvalue weighted by atomic mass is 9.62. The number of hydrogen-bond donors (Lipinski definition) is 1. The lowest BCUT2D eigenvalue weighted by Gasteiger charge is -2.50. The number of rotatable bonds is 4. The number of aliphatic carboxylic acids is 1. The number of carbonyl (C=O) groups excluding carboxylic acids is 1. The Kier molecular flexibility index (Phi) is 4.76. The van der Waals surface area contributed by atoms with Gasteiger partial charge in [-0.3, -0.25) is 4.79 Å². The van der Waals surface area contributed by atoms with E-state index in [1.54, 1.807) is 4.90 Å². The van der Waals surface area contributed by atoms with Crippen molar-refractivity contribution in [2.75, 3.05) is 13.2 Å². The summed E-state index contributed by atoms with van der Waals surface area (Å²) in [6, 6.07) is 16.3. The third kappa shape index (κ3) is 2.91. The van der Waals surface area contributed by atoms with Crippen molar-refractivity contribution >= 4 is 12.1 Å². The van der Waals surface area contributed by atoms with E-state index in [0.717, 1.165) is 25.7 Å². The monoisotopic (exact) mass is 405 g/mol. The molecule has 2 aromatic carbocycles. The Bertz CT molecular complexity index is 935. The van der Waals surface area contributed by atoms with Crippen LogP contribution in [0.2, 0.25) is 0 Å². The number of carbonyl (C=O) groups is 2. The molecule has 0 aromatic heterocycles. The number of hydrogen-bond acceptors (Lipinski definition) is 3. The average Bonchev–Trinajstić information content (AvgIpc) is 3.05. The molecular weight excluding hydrogens is 378 g/mol. The van der Waals surface area contributed by atoms with Gasteiger partial charge in [-0.2, -0.15) is 0 Å². The molecule has 2 aromatic rings. The molecule has 1 atom stereocenters. The van der Waals surface area contributed by atoms with Gasteiger partial charge in [-0.05, 0) is 54.4 Å². The predicted molar refractivity (Wildman–Crippen MR) is 113 cm³/mol. The lowest BCUT2D eigenvalue weighted by Crippen LogP contribution is -2.59. The second kappa shape index (κ2) is 7.46. The largest absolute Gasteiger partial charge is 0.481 e. The van der Waals surface area contributed by atoms with E-state index in [-0.39, 0.29) is 24.7 Å². The highest BCUT2D eigenvalue weighted by Crippen LogP contribution is 2.49. The average molecular weight is 405 g/mol. The second-order valence-electron chi connectivity index (χ2n) is 8.82. The summed E-state index contributed by atoms with van der Waals surface area (Å²) in [6.45, 7) is 0.854. The molecule has 1 saturated heterocycles. The van der Waals surface area contributed by atoms with Crippen LogP contribution in [0.4, 0.5) is 4.79 Å². The molecule has 5 heteroatoms. The van der Waals surface area contributed by atoms with E-state index in [0.29, 0.717) is 19.4 Å². The predicted octanol–water partition coefficient (Wildman–Crippen LogP) is 5.04. The van der Waals surface area contributed by atoms with Gasteiger partial charge in [0.05, 0.1) is 11.5 Å². The molecular formula is C25H27NO4. The minimum Gasteiger partial charge on any atom is -0.481 e. The standard InChI is InChI=1S/C25H27NO4/c27-23(28)25(13-7-14-25)22-12-5-6-15-26(22)24(29)30-16-21-19-10-3-1-8-17(19)18-9-2-4-11-20(18)21/h1-4,8-11,21-22H,5-7,12-16H2,(H,27,28). The van der Waals surface area contributed by atoms with Gasteiger partial charge in [0.2, 0.25) is 0 Å². The van der Waals surface area contributed by atoms with Crippen molar-refractivity contribution in [1.82, 2.24) is 4.90 Å². The number of nitrogens with zero attached hydrogens (tertiary/aromatic N) is 1. The fourth-order valence-electron chi connectivity index (χ4n) is 5.65. The summed E-state index contributed by atoms with van der Waals surface area (Å²) in [6.07, 6.45) is 4.47. The molecule has 0 spiro atoms. The first-order chi connectivity index (χ1) is 14.6. The maximum absolute atomic E-state index is 13.1. The Balaban J connectivity index is 1.35. The molecule has 1 heterocycles. The number of carboxylic acid groups (broad SMARTS) is 1. The third-order valence-corrected chi connectivity index (χ3v) is 7.38. The van der Waals surface area contributed by atoms with E-state index in [9.17, 15) is 14.7 Å². The Hall–Kier alpha value is -2.82. The van der Waals surface area contributed by atoms with Crippen molar-refractivity contribution in [2.24, 2.45) is 5.41 Å². The van der Waals surface area contributed by atoms with Crippen LogP contribution in [0, 0.1) is 5.41 Å². The number of likely N-dealkylation sites (tertiary alicyclic amines) is 1. The van der Waals surface area contributed by atoms with Crippen molar-refractivity contribution in [3.63, 3.8) is 0 Å². The maximum Gasteiger partial charge on any atom is 0.410 e. The zero-order valence-electron chi connectivity index (χ0n) is 17.0. The van der Waals surface area contributed by atoms with Crippen molar-refractivity contribution in [1.29, 1.82) is 0 Å². The van der Waals surface area contributed by atoms with E-state index >= 15 is 0 Å². The number of ether oxygens (including phenoxy) is 1. The van der Waals surface area contributed by atoms with Crippen LogP contribution in [0.5, 0.6) is 0 Å². The Morgan fingerprint density at radius 2 is 1.60 bits per heavy atom. The first-order valence-electron chi connectivity index (χ1n) is 11.0. The van der Waals surface area contributed by atoms with E-state index in [1.165, 1.54) is 22.3 Å². The fourth-order valence-corrected chi connectivity index (χ4v) is 5.65. The van der Waals surface area contributed by atoms with Crippen LogP contribution >= 0.6 is 0 Å². The van der Waals surface area contributed by atoms with Gasteiger partial charge in [0.1, 0.15) is 6.61 Å². The van der Waals surface area contributed by atoms with Crippen molar-refractivity contribution < 1.29 is 19.4 Å². The van der Waals surface area contributed by atoms with E-state index < -0.39 is 11.4 Å². The summed E-state index contributed by atoms with van der Waals surface area (Å²) in [7, 11) is 0. The summed E-state index contributed by atoms with van der Waals surface area (Å²) in [5, 5.41) is 9.88. The molecule has 0 radical (unpaired) electrons. The fraction of sp³-hybridized carbons (Fsp3) is 0.440. The summed E-state index contributed by atoms with van der Waals surface area (Å²) >= 11 is 0. The van der Waals surface area contributed by atoms with E-state index in [1.807, 2.05) is 24.3 Å². The quantitative estimate of drug-likeness (QED) is 0.773. The minimum atomic E-state index is -0.786. The first-order valence-corrected chi connectivity index (χ1v) is 11.0. The van der Waals surface area contributed by atoms with Gasteiger partial charge in [0, 0.05) is 12.5 Å². The van der Waals surface area contributed by atoms with Gasteiger partial charge in [0.15, 0.2) is 0 Å². The highest BCUT2D eigenvalue weighted by Gasteiger charge is 2.54. The molecule has 2 aliphatic carbocycles. The molecule has 3 aliphatic rings. The minimum absolute atomic E-state index is 0.0155. The van der Waals surface area contributed by atoms with Crippen molar-refractivity contribution in [3.05, 3.63) is 59.7 Å². The smallest absolute Gasteiger partial charge is 0.410 e. The zero-order chi connectivity index (χ0) is 20.7. The highest BCUT2D eigenvalue weighted by atomic mass is 16.6. The molecule has 1 amide bonds. The Morgan fingerprint density at radius 3 is 2.17 bits per heavy atom. The van der Waals surface area contributed by atoms with Crippen molar-refractivity contribution in [3.8, 4) is 11.1 Å². The molecule has 5 rings (SSSR count). The molecule has 1 N–H and O–H groups in total. The maximum atomic E-state index is 13.1. The second-order valence-corrected chi connectivity index (χ2v) is 8.82. The van der Waals surface area contributed by atoms with Crippen LogP contribution in [-0.2, 0) is 9.53 Å². The number of fused-ring (bicyclic) bond motifs is 3. The molecule has 30 heavy (non-hydrogen) atoms. The van der Waals surface area contributed by atoms with Gasteiger partial charge in [-0.15, -0.1) is 0 Å². The summed E-state index contributed by atoms with van der Waals surface area (Å²) in [5.41, 5.74) is 3.98. The van der Waals surface area contributed by atoms with Crippen LogP contribution in [0.25, 0.3) is 11.1 Å². The summed E-state index contributed by atoms with van der Waals surface area (Å²) in [5.74, 6) is -0.751. The van der Waals surface area contributed by atoms with E-state index in [2.05, 4.69) is 24.3 Å². The highest BCUT2D eigenvalue weighted by molar-refractivity contribution is 5.80. The van der Waals surface area contributed by atoms with Crippen LogP contribution in [0.15, 0.2) is 48.5 Å². The molecule has 1 aliphatic heterocycles. The normalized spacial score (nSPS) is 22.0. The Labute approximate surface area is 176 Å². The molecule has 5 nitrogen and oxygen atoms in total. The van der Waals surface area contributed by atoms with Gasteiger partial charge < -0.3 is 14.7 Å². The first kappa shape index (κ1) is 19.2. The van der Waals surface area contributed by atoms with Gasteiger partial charge in [-0.1, -0.05) is 55.0 Å². The molecule has 1 saturated carbocycles. The molecule has 2 fully saturated rings. The topological polar surface area (TPSA) is 66.8 Å². The van der Waals surface area contributed by atoms with Crippen LogP contribution in [0.3, 0.4) is 0 Å². The SMILES string of the molecule is O=C(OCC1c2ccccc2-c2ccccc21)N1CCCCC1C1(C(=O)O)CCC1. The van der Waals surface area contributed by atoms with Crippen LogP contribution in [0.1, 0.15) is 55.6 Å². The molecule has 156 valence electrons.